The Morgan fingerprint density at radius 1 is 1.04 bits per heavy atom. The van der Waals surface area contributed by atoms with E-state index in [-0.39, 0.29) is 10.8 Å². The second kappa shape index (κ2) is 6.28. The second-order valence-corrected chi connectivity index (χ2v) is 10.8. The molecule has 2 saturated carbocycles. The van der Waals surface area contributed by atoms with Crippen molar-refractivity contribution < 1.29 is 14.3 Å². The highest BCUT2D eigenvalue weighted by Gasteiger charge is 2.59. The minimum Gasteiger partial charge on any atom is -0.344 e. The number of ether oxygens (including phenoxy) is 2. The minimum atomic E-state index is -0.510. The van der Waals surface area contributed by atoms with Crippen LogP contribution in [0.15, 0.2) is 23.3 Å². The molecule has 6 atom stereocenters. The van der Waals surface area contributed by atoms with Crippen molar-refractivity contribution in [2.75, 3.05) is 13.2 Å². The molecular formula is C25H36O3. The molecule has 5 rings (SSSR count). The molecule has 0 radical (unpaired) electrons. The number of hydrogen-bond acceptors (Lipinski definition) is 3. The van der Waals surface area contributed by atoms with E-state index in [0.29, 0.717) is 24.9 Å². The number of fused-ring (bicyclic) bond motifs is 5. The van der Waals surface area contributed by atoms with Crippen LogP contribution in [0.5, 0.6) is 0 Å². The summed E-state index contributed by atoms with van der Waals surface area (Å²) in [4.78, 5) is 12.3. The van der Waals surface area contributed by atoms with Crippen LogP contribution in [0, 0.1) is 34.5 Å². The fraction of sp³-hybridized carbons (Fsp3) is 0.800. The first-order chi connectivity index (χ1) is 13.3. The van der Waals surface area contributed by atoms with Crippen LogP contribution in [0.2, 0.25) is 0 Å². The molecule has 0 aromatic heterocycles. The predicted molar refractivity (Wildman–Crippen MR) is 110 cm³/mol. The number of carbonyl (C=O) groups is 1. The average molecular weight is 385 g/mol. The van der Waals surface area contributed by atoms with Crippen LogP contribution in [0.4, 0.5) is 0 Å². The van der Waals surface area contributed by atoms with Crippen LogP contribution in [0.25, 0.3) is 0 Å². The summed E-state index contributed by atoms with van der Waals surface area (Å²) in [6, 6.07) is 0. The highest BCUT2D eigenvalue weighted by atomic mass is 16.7. The molecular weight excluding hydrogens is 348 g/mol. The SMILES string of the molecule is CC(=O)[C@H]1CC[C@H]2[C@@H]3CC=C4C=C(C5(C)OCCO5)CC[C@]4(C)[C@H]3CC[C@]12C. The van der Waals surface area contributed by atoms with E-state index >= 15 is 0 Å². The average Bonchev–Trinajstić information content (AvgIpc) is 3.24. The van der Waals surface area contributed by atoms with Crippen LogP contribution in [0.1, 0.15) is 72.6 Å². The first-order valence-electron chi connectivity index (χ1n) is 11.5. The molecule has 3 fully saturated rings. The molecule has 154 valence electrons. The van der Waals surface area contributed by atoms with Crippen molar-refractivity contribution in [3.8, 4) is 0 Å². The van der Waals surface area contributed by atoms with Gasteiger partial charge in [-0.25, -0.2) is 0 Å². The van der Waals surface area contributed by atoms with Gasteiger partial charge in [-0.15, -0.1) is 0 Å². The molecule has 0 spiro atoms. The molecule has 0 aromatic rings. The summed E-state index contributed by atoms with van der Waals surface area (Å²) in [7, 11) is 0. The van der Waals surface area contributed by atoms with Gasteiger partial charge in [-0.05, 0) is 98.5 Å². The van der Waals surface area contributed by atoms with E-state index in [1.54, 1.807) is 0 Å². The molecule has 0 amide bonds. The smallest absolute Gasteiger partial charge is 0.188 e. The number of Topliss-reactive ketones (excluding diaryl/α,β-unsaturated/α-hetero) is 1. The van der Waals surface area contributed by atoms with Gasteiger partial charge in [0.2, 0.25) is 0 Å². The van der Waals surface area contributed by atoms with Crippen LogP contribution < -0.4 is 0 Å². The molecule has 1 aliphatic heterocycles. The second-order valence-electron chi connectivity index (χ2n) is 10.8. The Labute approximate surface area is 169 Å². The lowest BCUT2D eigenvalue weighted by atomic mass is 9.47. The number of rotatable bonds is 2. The lowest BCUT2D eigenvalue weighted by Crippen LogP contribution is -2.50. The van der Waals surface area contributed by atoms with Crippen molar-refractivity contribution in [2.45, 2.75) is 78.4 Å². The van der Waals surface area contributed by atoms with Crippen LogP contribution in [0.3, 0.4) is 0 Å². The summed E-state index contributed by atoms with van der Waals surface area (Å²) in [5, 5.41) is 0. The third kappa shape index (κ3) is 2.51. The topological polar surface area (TPSA) is 35.5 Å². The lowest BCUT2D eigenvalue weighted by molar-refractivity contribution is -0.127. The molecule has 28 heavy (non-hydrogen) atoms. The first kappa shape index (κ1) is 19.1. The van der Waals surface area contributed by atoms with Gasteiger partial charge in [0.15, 0.2) is 5.79 Å². The van der Waals surface area contributed by atoms with Gasteiger partial charge in [-0.2, -0.15) is 0 Å². The summed E-state index contributed by atoms with van der Waals surface area (Å²) >= 11 is 0. The summed E-state index contributed by atoms with van der Waals surface area (Å²) < 4.78 is 11.9. The highest BCUT2D eigenvalue weighted by molar-refractivity contribution is 5.79. The standard InChI is InChI=1S/C25H36O3/c1-16(26)20-7-8-21-19-6-5-17-15-18(25(4)27-13-14-28-25)9-11-23(17,2)22(19)10-12-24(20,21)3/h5,15,19-22H,6-14H2,1-4H3/t19-,20+,21-,22-,23-,24+/m0/s1. The first-order valence-corrected chi connectivity index (χ1v) is 11.5. The maximum Gasteiger partial charge on any atom is 0.188 e. The summed E-state index contributed by atoms with van der Waals surface area (Å²) in [5.74, 6) is 2.44. The molecule has 3 nitrogen and oxygen atoms in total. The van der Waals surface area contributed by atoms with Crippen molar-refractivity contribution in [1.82, 2.24) is 0 Å². The van der Waals surface area contributed by atoms with Crippen LogP contribution in [-0.4, -0.2) is 24.8 Å². The van der Waals surface area contributed by atoms with E-state index in [9.17, 15) is 4.79 Å². The van der Waals surface area contributed by atoms with Crippen molar-refractivity contribution in [3.05, 3.63) is 23.3 Å². The van der Waals surface area contributed by atoms with E-state index in [1.807, 2.05) is 6.92 Å². The molecule has 0 unspecified atom stereocenters. The fourth-order valence-electron chi connectivity index (χ4n) is 8.05. The number of hydrogen-bond donors (Lipinski definition) is 0. The van der Waals surface area contributed by atoms with Gasteiger partial charge in [0.25, 0.3) is 0 Å². The van der Waals surface area contributed by atoms with Gasteiger partial charge in [-0.1, -0.05) is 26.0 Å². The molecule has 5 aliphatic rings. The Hall–Kier alpha value is -0.930. The summed E-state index contributed by atoms with van der Waals surface area (Å²) in [5.41, 5.74) is 3.37. The maximum absolute atomic E-state index is 12.3. The van der Waals surface area contributed by atoms with Gasteiger partial charge >= 0.3 is 0 Å². The van der Waals surface area contributed by atoms with Gasteiger partial charge in [0.05, 0.1) is 13.2 Å². The van der Waals surface area contributed by atoms with Crippen molar-refractivity contribution in [2.24, 2.45) is 34.5 Å². The van der Waals surface area contributed by atoms with Gasteiger partial charge < -0.3 is 9.47 Å². The fourth-order valence-corrected chi connectivity index (χ4v) is 8.05. The number of carbonyl (C=O) groups excluding carboxylic acids is 1. The summed E-state index contributed by atoms with van der Waals surface area (Å²) in [6.45, 7) is 10.3. The molecule has 4 aliphatic carbocycles. The normalized spacial score (nSPS) is 46.9. The van der Waals surface area contributed by atoms with Crippen molar-refractivity contribution in [1.29, 1.82) is 0 Å². The third-order valence-electron chi connectivity index (χ3n) is 9.68. The molecule has 1 heterocycles. The molecule has 0 bridgehead atoms. The molecule has 1 saturated heterocycles. The zero-order valence-electron chi connectivity index (χ0n) is 18.1. The maximum atomic E-state index is 12.3. The minimum absolute atomic E-state index is 0.239. The van der Waals surface area contributed by atoms with E-state index < -0.39 is 5.79 Å². The van der Waals surface area contributed by atoms with Gasteiger partial charge in [0.1, 0.15) is 5.78 Å². The van der Waals surface area contributed by atoms with Gasteiger partial charge in [-0.3, -0.25) is 4.79 Å². The predicted octanol–water partition coefficient (Wildman–Crippen LogP) is 5.45. The van der Waals surface area contributed by atoms with Crippen molar-refractivity contribution in [3.63, 3.8) is 0 Å². The monoisotopic (exact) mass is 384 g/mol. The highest BCUT2D eigenvalue weighted by Crippen LogP contribution is 2.66. The van der Waals surface area contributed by atoms with E-state index in [0.717, 1.165) is 30.6 Å². The molecule has 0 aromatic carbocycles. The molecule has 3 heteroatoms. The lowest BCUT2D eigenvalue weighted by Gasteiger charge is -2.57. The van der Waals surface area contributed by atoms with Crippen molar-refractivity contribution >= 4 is 5.78 Å². The Morgan fingerprint density at radius 2 is 1.79 bits per heavy atom. The Kier molecular flexibility index (Phi) is 4.28. The van der Waals surface area contributed by atoms with E-state index in [1.165, 1.54) is 43.3 Å². The largest absolute Gasteiger partial charge is 0.344 e. The van der Waals surface area contributed by atoms with E-state index in [4.69, 9.17) is 9.47 Å². The Bertz CT molecular complexity index is 743. The molecule has 0 N–H and O–H groups in total. The zero-order chi connectivity index (χ0) is 19.7. The van der Waals surface area contributed by atoms with Gasteiger partial charge in [0, 0.05) is 5.92 Å². The third-order valence-corrected chi connectivity index (χ3v) is 9.68. The number of ketones is 1. The number of allylic oxidation sites excluding steroid dienone is 3. The van der Waals surface area contributed by atoms with Crippen LogP contribution >= 0.6 is 0 Å². The summed E-state index contributed by atoms with van der Waals surface area (Å²) in [6.07, 6.45) is 13.3. The van der Waals surface area contributed by atoms with Crippen LogP contribution in [-0.2, 0) is 14.3 Å². The Balaban J connectivity index is 1.46. The zero-order valence-corrected chi connectivity index (χ0v) is 18.1. The Morgan fingerprint density at radius 3 is 2.50 bits per heavy atom. The van der Waals surface area contributed by atoms with E-state index in [2.05, 4.69) is 32.9 Å². The quantitative estimate of drug-likeness (QED) is 0.635.